The number of carbonyl (C=O) groups is 1. The number of aliphatic hydroxyl groups is 5. The van der Waals surface area contributed by atoms with Gasteiger partial charge >= 0.3 is 5.97 Å². The number of aliphatic hydroxyl groups excluding tert-OH is 4. The summed E-state index contributed by atoms with van der Waals surface area (Å²) in [6.07, 6.45) is -7.50. The monoisotopic (exact) mass is 550 g/mol. The Bertz CT molecular complexity index is 1170. The largest absolute Gasteiger partial charge is 0.493 e. The highest BCUT2D eigenvalue weighted by atomic mass is 16.7. The van der Waals surface area contributed by atoms with E-state index < -0.39 is 60.9 Å². The summed E-state index contributed by atoms with van der Waals surface area (Å²) < 4.78 is 32.7. The van der Waals surface area contributed by atoms with Crippen molar-refractivity contribution in [2.45, 2.75) is 55.8 Å². The first-order valence-corrected chi connectivity index (χ1v) is 12.4. The van der Waals surface area contributed by atoms with Crippen molar-refractivity contribution in [2.24, 2.45) is 5.92 Å². The van der Waals surface area contributed by atoms with Gasteiger partial charge in [-0.15, -0.1) is 0 Å². The molecule has 0 aromatic heterocycles. The lowest BCUT2D eigenvalue weighted by Crippen LogP contribution is -2.58. The molecule has 4 rings (SSSR count). The second-order valence-electron chi connectivity index (χ2n) is 9.61. The van der Waals surface area contributed by atoms with Crippen molar-refractivity contribution in [3.8, 4) is 23.0 Å². The molecular formula is C27H34O12. The number of carbonyl (C=O) groups excluding carboxylic acids is 1. The molecular weight excluding hydrogens is 516 g/mol. The molecule has 12 nitrogen and oxygen atoms in total. The molecule has 0 unspecified atom stereocenters. The Kier molecular flexibility index (Phi) is 8.54. The van der Waals surface area contributed by atoms with E-state index in [4.69, 9.17) is 28.4 Å². The minimum absolute atomic E-state index is 0.156. The van der Waals surface area contributed by atoms with Gasteiger partial charge in [0.15, 0.2) is 28.6 Å². The molecule has 5 N–H and O–H groups in total. The van der Waals surface area contributed by atoms with Gasteiger partial charge in [-0.3, -0.25) is 0 Å². The zero-order valence-corrected chi connectivity index (χ0v) is 22.0. The van der Waals surface area contributed by atoms with Crippen molar-refractivity contribution >= 4 is 5.97 Å². The highest BCUT2D eigenvalue weighted by Gasteiger charge is 2.56. The molecule has 39 heavy (non-hydrogen) atoms. The highest BCUT2D eigenvalue weighted by Crippen LogP contribution is 2.45. The molecule has 0 radical (unpaired) electrons. The molecule has 0 spiro atoms. The van der Waals surface area contributed by atoms with Crippen LogP contribution in [-0.4, -0.2) is 95.7 Å². The first kappa shape index (κ1) is 28.9. The van der Waals surface area contributed by atoms with Gasteiger partial charge < -0.3 is 54.0 Å². The van der Waals surface area contributed by atoms with Crippen LogP contribution in [0.1, 0.15) is 24.2 Å². The zero-order chi connectivity index (χ0) is 28.5. The summed E-state index contributed by atoms with van der Waals surface area (Å²) >= 11 is 0. The number of esters is 1. The van der Waals surface area contributed by atoms with Crippen molar-refractivity contribution in [1.29, 1.82) is 0 Å². The minimum Gasteiger partial charge on any atom is -0.493 e. The van der Waals surface area contributed by atoms with E-state index in [9.17, 15) is 30.3 Å². The topological polar surface area (TPSA) is 174 Å². The summed E-state index contributed by atoms with van der Waals surface area (Å²) in [5, 5.41) is 51.9. The molecule has 0 aliphatic carbocycles. The lowest BCUT2D eigenvalue weighted by molar-refractivity contribution is -0.268. The fourth-order valence-electron chi connectivity index (χ4n) is 4.95. The lowest BCUT2D eigenvalue weighted by atomic mass is 9.80. The molecule has 2 aliphatic rings. The summed E-state index contributed by atoms with van der Waals surface area (Å²) in [5.74, 6) is -0.650. The first-order chi connectivity index (χ1) is 18.6. The van der Waals surface area contributed by atoms with Crippen LogP contribution in [0.2, 0.25) is 0 Å². The van der Waals surface area contributed by atoms with Crippen LogP contribution in [0.5, 0.6) is 23.0 Å². The Balaban J connectivity index is 1.56. The molecule has 12 heteroatoms. The predicted octanol–water partition coefficient (Wildman–Crippen LogP) is 0.0989. The smallest absolute Gasteiger partial charge is 0.339 e. The average Bonchev–Trinajstić information content (AvgIpc) is 3.19. The Labute approximate surface area is 225 Å². The van der Waals surface area contributed by atoms with E-state index >= 15 is 0 Å². The van der Waals surface area contributed by atoms with E-state index in [2.05, 4.69) is 0 Å². The number of methoxy groups -OCH3 is 3. The van der Waals surface area contributed by atoms with E-state index in [0.717, 1.165) is 0 Å². The van der Waals surface area contributed by atoms with Crippen LogP contribution < -0.4 is 18.9 Å². The Morgan fingerprint density at radius 2 is 1.51 bits per heavy atom. The average molecular weight is 551 g/mol. The molecule has 0 bridgehead atoms. The van der Waals surface area contributed by atoms with Crippen molar-refractivity contribution in [3.63, 3.8) is 0 Å². The number of benzene rings is 2. The molecule has 0 amide bonds. The maximum absolute atomic E-state index is 13.0. The summed E-state index contributed by atoms with van der Waals surface area (Å²) in [5.41, 5.74) is -1.07. The van der Waals surface area contributed by atoms with Gasteiger partial charge in [-0.1, -0.05) is 12.1 Å². The normalized spacial score (nSPS) is 32.4. The third kappa shape index (κ3) is 5.36. The zero-order valence-electron chi connectivity index (χ0n) is 22.0. The van der Waals surface area contributed by atoms with Gasteiger partial charge in [0, 0.05) is 6.42 Å². The summed E-state index contributed by atoms with van der Waals surface area (Å²) in [6, 6.07) is 9.54. The van der Waals surface area contributed by atoms with Crippen molar-refractivity contribution in [3.05, 3.63) is 47.5 Å². The Morgan fingerprint density at radius 3 is 2.15 bits per heavy atom. The van der Waals surface area contributed by atoms with Gasteiger partial charge in [-0.25, -0.2) is 4.79 Å². The lowest BCUT2D eigenvalue weighted by Gasteiger charge is -2.39. The van der Waals surface area contributed by atoms with Gasteiger partial charge in [0.05, 0.1) is 40.0 Å². The van der Waals surface area contributed by atoms with Crippen molar-refractivity contribution in [2.75, 3.05) is 27.9 Å². The quantitative estimate of drug-likeness (QED) is 0.267. The van der Waals surface area contributed by atoms with Gasteiger partial charge in [-0.05, 0) is 42.3 Å². The fourth-order valence-corrected chi connectivity index (χ4v) is 4.95. The Hall–Kier alpha value is -3.13. The minimum atomic E-state index is -2.06. The van der Waals surface area contributed by atoms with E-state index in [1.54, 1.807) is 24.3 Å². The molecule has 0 saturated carbocycles. The first-order valence-electron chi connectivity index (χ1n) is 12.4. The van der Waals surface area contributed by atoms with Gasteiger partial charge in [0.2, 0.25) is 6.29 Å². The molecule has 2 aromatic carbocycles. The second kappa shape index (κ2) is 11.5. The molecule has 2 fully saturated rings. The van der Waals surface area contributed by atoms with Gasteiger partial charge in [-0.2, -0.15) is 0 Å². The van der Waals surface area contributed by atoms with Crippen LogP contribution in [0.4, 0.5) is 0 Å². The third-order valence-corrected chi connectivity index (χ3v) is 7.25. The van der Waals surface area contributed by atoms with Crippen LogP contribution in [-0.2, 0) is 20.7 Å². The molecule has 2 aliphatic heterocycles. The number of hydrogen-bond acceptors (Lipinski definition) is 12. The maximum atomic E-state index is 13.0. The second-order valence-corrected chi connectivity index (χ2v) is 9.61. The van der Waals surface area contributed by atoms with E-state index in [-0.39, 0.29) is 17.9 Å². The molecule has 2 saturated heterocycles. The van der Waals surface area contributed by atoms with Gasteiger partial charge in [0.1, 0.15) is 24.4 Å². The molecule has 2 aromatic rings. The van der Waals surface area contributed by atoms with Crippen LogP contribution in [0.3, 0.4) is 0 Å². The molecule has 8 atom stereocenters. The van der Waals surface area contributed by atoms with E-state index in [1.807, 2.05) is 0 Å². The molecule has 214 valence electrons. The van der Waals surface area contributed by atoms with Gasteiger partial charge in [0.25, 0.3) is 0 Å². The van der Waals surface area contributed by atoms with E-state index in [1.165, 1.54) is 40.4 Å². The number of hydrogen-bond donors (Lipinski definition) is 5. The summed E-state index contributed by atoms with van der Waals surface area (Å²) in [7, 11) is 4.34. The number of ether oxygens (including phenoxy) is 6. The predicted molar refractivity (Wildman–Crippen MR) is 134 cm³/mol. The summed E-state index contributed by atoms with van der Waals surface area (Å²) in [4.78, 5) is 13.0. The highest BCUT2D eigenvalue weighted by molar-refractivity contribution is 5.83. The van der Waals surface area contributed by atoms with Crippen LogP contribution in [0.25, 0.3) is 0 Å². The maximum Gasteiger partial charge on any atom is 0.339 e. The molecule has 2 heterocycles. The number of rotatable bonds is 9. The third-order valence-electron chi connectivity index (χ3n) is 7.25. The SMILES string of the molecule is COc1ccc([C@H]2OC(=O)[C@](O)(Cc3ccc(O[C@@H]4O[C@@H](C)[C@H](O)[C@@H](O)[C@H]4O)c(OC)c3)[C@@H]2CO)cc1OC. The van der Waals surface area contributed by atoms with Crippen molar-refractivity contribution in [1.82, 2.24) is 0 Å². The fraction of sp³-hybridized carbons (Fsp3) is 0.519. The van der Waals surface area contributed by atoms with Crippen molar-refractivity contribution < 1.29 is 58.7 Å². The summed E-state index contributed by atoms with van der Waals surface area (Å²) in [6.45, 7) is 0.994. The van der Waals surface area contributed by atoms with Crippen LogP contribution in [0.15, 0.2) is 36.4 Å². The number of cyclic esters (lactones) is 1. The standard InChI is InChI=1S/C27H34O12/c1-13-21(29)22(30)23(31)25(37-13)38-18-7-5-14(9-19(18)35-3)11-27(33)16(12-28)24(39-26(27)32)15-6-8-17(34-2)20(10-15)36-4/h5-10,13,16,21-25,28-31,33H,11-12H2,1-4H3/t13-,16+,21-,22+,23+,24+,25-,27-/m0/s1. The van der Waals surface area contributed by atoms with Crippen LogP contribution in [0, 0.1) is 5.92 Å². The van der Waals surface area contributed by atoms with Crippen LogP contribution >= 0.6 is 0 Å². The Morgan fingerprint density at radius 1 is 0.872 bits per heavy atom. The van der Waals surface area contributed by atoms with E-state index in [0.29, 0.717) is 22.6 Å².